The topological polar surface area (TPSA) is 58.6 Å². The van der Waals surface area contributed by atoms with Gasteiger partial charge in [-0.25, -0.2) is 4.79 Å². The van der Waals surface area contributed by atoms with Crippen molar-refractivity contribution in [2.75, 3.05) is 7.11 Å². The summed E-state index contributed by atoms with van der Waals surface area (Å²) in [7, 11) is 1.60. The summed E-state index contributed by atoms with van der Waals surface area (Å²) in [5, 5.41) is 12.7. The highest BCUT2D eigenvalue weighted by Crippen LogP contribution is 2.28. The second-order valence-corrected chi connectivity index (χ2v) is 4.93. The standard InChI is InChI=1S/C14H19NO3/c1-14(13(16)17,15-11-4-3-5-11)10-6-8-12(18-2)9-7-10/h6-9,11,15H,3-5H2,1-2H3,(H,16,17). The average Bonchev–Trinajstić information content (AvgIpc) is 2.33. The number of carboxylic acid groups (broad SMARTS) is 1. The van der Waals surface area contributed by atoms with Crippen LogP contribution >= 0.6 is 0 Å². The summed E-state index contributed by atoms with van der Waals surface area (Å²) >= 11 is 0. The molecule has 0 aliphatic heterocycles. The summed E-state index contributed by atoms with van der Waals surface area (Å²) in [5.74, 6) is -0.116. The highest BCUT2D eigenvalue weighted by atomic mass is 16.5. The first kappa shape index (κ1) is 12.9. The Balaban J connectivity index is 2.23. The van der Waals surface area contributed by atoms with Gasteiger partial charge in [0.05, 0.1) is 7.11 Å². The van der Waals surface area contributed by atoms with Gasteiger partial charge in [-0.3, -0.25) is 5.32 Å². The van der Waals surface area contributed by atoms with E-state index in [2.05, 4.69) is 5.32 Å². The molecule has 2 N–H and O–H groups in total. The summed E-state index contributed by atoms with van der Waals surface area (Å²) in [4.78, 5) is 11.6. The smallest absolute Gasteiger partial charge is 0.328 e. The van der Waals surface area contributed by atoms with Gasteiger partial charge in [0, 0.05) is 6.04 Å². The molecule has 1 saturated carbocycles. The number of ether oxygens (including phenoxy) is 1. The first-order valence-electron chi connectivity index (χ1n) is 6.22. The van der Waals surface area contributed by atoms with Gasteiger partial charge in [0.15, 0.2) is 0 Å². The highest BCUT2D eigenvalue weighted by Gasteiger charge is 2.38. The summed E-state index contributed by atoms with van der Waals surface area (Å²) < 4.78 is 5.09. The van der Waals surface area contributed by atoms with Gasteiger partial charge in [-0.2, -0.15) is 0 Å². The fraction of sp³-hybridized carbons (Fsp3) is 0.500. The van der Waals surface area contributed by atoms with Crippen molar-refractivity contribution < 1.29 is 14.6 Å². The fourth-order valence-corrected chi connectivity index (χ4v) is 2.15. The van der Waals surface area contributed by atoms with Crippen LogP contribution in [0, 0.1) is 0 Å². The molecular weight excluding hydrogens is 230 g/mol. The van der Waals surface area contributed by atoms with E-state index in [9.17, 15) is 9.90 Å². The molecule has 1 aliphatic carbocycles. The predicted octanol–water partition coefficient (Wildman–Crippen LogP) is 2.14. The summed E-state index contributed by atoms with van der Waals surface area (Å²) in [6.07, 6.45) is 3.29. The van der Waals surface area contributed by atoms with E-state index >= 15 is 0 Å². The normalized spacial score (nSPS) is 18.8. The van der Waals surface area contributed by atoms with Gasteiger partial charge in [0.1, 0.15) is 11.3 Å². The van der Waals surface area contributed by atoms with E-state index in [0.717, 1.165) is 24.2 Å². The van der Waals surface area contributed by atoms with Crippen LogP contribution in [0.3, 0.4) is 0 Å². The van der Waals surface area contributed by atoms with E-state index in [1.54, 1.807) is 38.3 Å². The monoisotopic (exact) mass is 249 g/mol. The fourth-order valence-electron chi connectivity index (χ4n) is 2.15. The minimum absolute atomic E-state index is 0.313. The zero-order valence-corrected chi connectivity index (χ0v) is 10.8. The maximum absolute atomic E-state index is 11.6. The summed E-state index contributed by atoms with van der Waals surface area (Å²) in [6.45, 7) is 1.72. The molecule has 1 fully saturated rings. The zero-order chi connectivity index (χ0) is 13.2. The number of rotatable bonds is 5. The van der Waals surface area contributed by atoms with Crippen molar-refractivity contribution in [1.29, 1.82) is 0 Å². The van der Waals surface area contributed by atoms with E-state index in [1.165, 1.54) is 6.42 Å². The lowest BCUT2D eigenvalue weighted by atomic mass is 9.86. The highest BCUT2D eigenvalue weighted by molar-refractivity contribution is 5.80. The molecule has 0 bridgehead atoms. The molecule has 98 valence electrons. The molecule has 4 heteroatoms. The molecule has 0 amide bonds. The Morgan fingerprint density at radius 2 is 2.00 bits per heavy atom. The lowest BCUT2D eigenvalue weighted by molar-refractivity contribution is -0.145. The number of hydrogen-bond acceptors (Lipinski definition) is 3. The van der Waals surface area contributed by atoms with E-state index in [4.69, 9.17) is 4.74 Å². The number of hydrogen-bond donors (Lipinski definition) is 2. The Bertz CT molecular complexity index is 425. The molecule has 0 heterocycles. The van der Waals surface area contributed by atoms with Crippen LogP contribution in [0.15, 0.2) is 24.3 Å². The van der Waals surface area contributed by atoms with Crippen LogP contribution in [-0.2, 0) is 10.3 Å². The number of carbonyl (C=O) groups is 1. The second-order valence-electron chi connectivity index (χ2n) is 4.93. The maximum atomic E-state index is 11.6. The number of carboxylic acids is 1. The van der Waals surface area contributed by atoms with Gasteiger partial charge in [-0.15, -0.1) is 0 Å². The molecule has 18 heavy (non-hydrogen) atoms. The number of nitrogens with one attached hydrogen (secondary N) is 1. The van der Waals surface area contributed by atoms with Gasteiger partial charge in [-0.05, 0) is 37.5 Å². The van der Waals surface area contributed by atoms with Crippen molar-refractivity contribution in [3.63, 3.8) is 0 Å². The van der Waals surface area contributed by atoms with Crippen molar-refractivity contribution in [2.24, 2.45) is 0 Å². The van der Waals surface area contributed by atoms with E-state index in [-0.39, 0.29) is 0 Å². The third-order valence-electron chi connectivity index (χ3n) is 3.69. The van der Waals surface area contributed by atoms with E-state index in [1.807, 2.05) is 0 Å². The first-order valence-corrected chi connectivity index (χ1v) is 6.22. The SMILES string of the molecule is COc1ccc(C(C)(NC2CCC2)C(=O)O)cc1. The quantitative estimate of drug-likeness (QED) is 0.839. The van der Waals surface area contributed by atoms with Crippen molar-refractivity contribution in [3.8, 4) is 5.75 Å². The minimum atomic E-state index is -1.03. The number of aliphatic carboxylic acids is 1. The number of benzene rings is 1. The molecule has 1 aromatic rings. The van der Waals surface area contributed by atoms with Crippen LogP contribution in [0.25, 0.3) is 0 Å². The van der Waals surface area contributed by atoms with Gasteiger partial charge >= 0.3 is 5.97 Å². The lowest BCUT2D eigenvalue weighted by Crippen LogP contribution is -2.53. The van der Waals surface area contributed by atoms with Crippen LogP contribution in [0.4, 0.5) is 0 Å². The summed E-state index contributed by atoms with van der Waals surface area (Å²) in [5.41, 5.74) is -0.278. The Morgan fingerprint density at radius 3 is 2.39 bits per heavy atom. The largest absolute Gasteiger partial charge is 0.497 e. The third-order valence-corrected chi connectivity index (χ3v) is 3.69. The Morgan fingerprint density at radius 1 is 1.39 bits per heavy atom. The molecule has 1 unspecified atom stereocenters. The van der Waals surface area contributed by atoms with Gasteiger partial charge in [0.2, 0.25) is 0 Å². The van der Waals surface area contributed by atoms with Gasteiger partial charge in [-0.1, -0.05) is 18.6 Å². The van der Waals surface area contributed by atoms with E-state index < -0.39 is 11.5 Å². The molecule has 4 nitrogen and oxygen atoms in total. The maximum Gasteiger partial charge on any atom is 0.328 e. The molecule has 2 rings (SSSR count). The predicted molar refractivity (Wildman–Crippen MR) is 68.8 cm³/mol. The molecule has 0 saturated heterocycles. The van der Waals surface area contributed by atoms with Crippen molar-refractivity contribution in [3.05, 3.63) is 29.8 Å². The third kappa shape index (κ3) is 2.34. The molecule has 0 aromatic heterocycles. The molecular formula is C14H19NO3. The van der Waals surface area contributed by atoms with Crippen molar-refractivity contribution >= 4 is 5.97 Å². The van der Waals surface area contributed by atoms with Gasteiger partial charge < -0.3 is 9.84 Å². The lowest BCUT2D eigenvalue weighted by Gasteiger charge is -2.36. The summed E-state index contributed by atoms with van der Waals surface area (Å²) in [6, 6.07) is 7.50. The van der Waals surface area contributed by atoms with Crippen molar-refractivity contribution in [1.82, 2.24) is 5.32 Å². The molecule has 1 atom stereocenters. The Hall–Kier alpha value is -1.55. The molecule has 1 aromatic carbocycles. The van der Waals surface area contributed by atoms with Crippen LogP contribution < -0.4 is 10.1 Å². The first-order chi connectivity index (χ1) is 8.56. The van der Waals surface area contributed by atoms with Crippen LogP contribution in [0.2, 0.25) is 0 Å². The molecule has 0 spiro atoms. The van der Waals surface area contributed by atoms with Crippen molar-refractivity contribution in [2.45, 2.75) is 37.8 Å². The molecule has 1 aliphatic rings. The second kappa shape index (κ2) is 4.98. The minimum Gasteiger partial charge on any atom is -0.497 e. The van der Waals surface area contributed by atoms with Crippen LogP contribution in [0.1, 0.15) is 31.7 Å². The van der Waals surface area contributed by atoms with Crippen LogP contribution in [0.5, 0.6) is 5.75 Å². The van der Waals surface area contributed by atoms with E-state index in [0.29, 0.717) is 6.04 Å². The zero-order valence-electron chi connectivity index (χ0n) is 10.8. The Kier molecular flexibility index (Phi) is 3.57. The average molecular weight is 249 g/mol. The number of methoxy groups -OCH3 is 1. The molecule has 0 radical (unpaired) electrons. The Labute approximate surface area is 107 Å². The van der Waals surface area contributed by atoms with Gasteiger partial charge in [0.25, 0.3) is 0 Å². The van der Waals surface area contributed by atoms with Crippen LogP contribution in [-0.4, -0.2) is 24.2 Å².